The fraction of sp³-hybridized carbons (Fsp3) is 0.333. The zero-order chi connectivity index (χ0) is 23.9. The summed E-state index contributed by atoms with van der Waals surface area (Å²) in [6.45, 7) is 2.32. The molecular formula is C21H21F3N6O3. The van der Waals surface area contributed by atoms with Crippen molar-refractivity contribution in [2.24, 2.45) is 0 Å². The Balaban J connectivity index is 1.68. The lowest BCUT2D eigenvalue weighted by atomic mass is 10.0. The van der Waals surface area contributed by atoms with Gasteiger partial charge >= 0.3 is 12.3 Å². The molecule has 1 fully saturated rings. The number of carbonyl (C=O) groups is 1. The van der Waals surface area contributed by atoms with Crippen LogP contribution in [-0.4, -0.2) is 44.4 Å². The van der Waals surface area contributed by atoms with Crippen molar-refractivity contribution in [1.29, 1.82) is 0 Å². The van der Waals surface area contributed by atoms with E-state index in [1.807, 2.05) is 0 Å². The van der Waals surface area contributed by atoms with Crippen LogP contribution in [-0.2, 0) is 6.18 Å². The van der Waals surface area contributed by atoms with Gasteiger partial charge in [-0.1, -0.05) is 0 Å². The number of aromatic amines is 1. The Kier molecular flexibility index (Phi) is 5.60. The smallest absolute Gasteiger partial charge is 0.416 e. The first-order valence-corrected chi connectivity index (χ1v) is 10.1. The number of nitrogens with two attached hydrogens (primary N) is 1. The van der Waals surface area contributed by atoms with Crippen LogP contribution in [0.3, 0.4) is 0 Å². The second-order valence-electron chi connectivity index (χ2n) is 8.02. The third-order valence-electron chi connectivity index (χ3n) is 5.73. The number of rotatable bonds is 4. The third kappa shape index (κ3) is 4.54. The number of nitrogen functional groups attached to an aromatic ring is 1. The van der Waals surface area contributed by atoms with E-state index in [0.29, 0.717) is 29.6 Å². The second-order valence-corrected chi connectivity index (χ2v) is 8.02. The van der Waals surface area contributed by atoms with Crippen molar-refractivity contribution in [2.45, 2.75) is 31.5 Å². The normalized spacial score (nSPS) is 17.3. The minimum atomic E-state index is -4.54. The molecule has 2 atom stereocenters. The number of likely N-dealkylation sites (tertiary alicyclic amines) is 1. The summed E-state index contributed by atoms with van der Waals surface area (Å²) in [4.78, 5) is 29.1. The molecule has 4 rings (SSSR count). The van der Waals surface area contributed by atoms with Crippen LogP contribution in [0.5, 0.6) is 0 Å². The van der Waals surface area contributed by atoms with E-state index >= 15 is 0 Å². The summed E-state index contributed by atoms with van der Waals surface area (Å²) in [6, 6.07) is 4.36. The highest BCUT2D eigenvalue weighted by Crippen LogP contribution is 2.34. The number of nitrogens with zero attached hydrogens (tertiary/aromatic N) is 3. The van der Waals surface area contributed by atoms with Gasteiger partial charge in [0.25, 0.3) is 5.56 Å². The molecule has 2 unspecified atom stereocenters. The van der Waals surface area contributed by atoms with Crippen molar-refractivity contribution >= 4 is 28.4 Å². The van der Waals surface area contributed by atoms with Gasteiger partial charge in [0.05, 0.1) is 17.0 Å². The van der Waals surface area contributed by atoms with E-state index in [4.69, 9.17) is 5.73 Å². The highest BCUT2D eigenvalue weighted by atomic mass is 19.4. The van der Waals surface area contributed by atoms with Crippen LogP contribution in [0.2, 0.25) is 0 Å². The third-order valence-corrected chi connectivity index (χ3v) is 5.73. The molecule has 33 heavy (non-hydrogen) atoms. The Hall–Kier alpha value is -3.83. The van der Waals surface area contributed by atoms with Gasteiger partial charge in [0.1, 0.15) is 0 Å². The van der Waals surface area contributed by atoms with Crippen molar-refractivity contribution < 1.29 is 23.1 Å². The van der Waals surface area contributed by atoms with Gasteiger partial charge < -0.3 is 21.1 Å². The number of hydrogen-bond acceptors (Lipinski definition) is 6. The number of pyridine rings is 1. The fourth-order valence-electron chi connectivity index (χ4n) is 3.96. The molecule has 3 aromatic rings. The molecule has 2 aromatic heterocycles. The number of amides is 1. The summed E-state index contributed by atoms with van der Waals surface area (Å²) in [7, 11) is 0. The number of anilines is 2. The topological polar surface area (TPSA) is 137 Å². The van der Waals surface area contributed by atoms with Crippen LogP contribution < -0.4 is 16.6 Å². The minimum absolute atomic E-state index is 0.0246. The van der Waals surface area contributed by atoms with Crippen molar-refractivity contribution in [3.63, 3.8) is 0 Å². The second kappa shape index (κ2) is 8.26. The summed E-state index contributed by atoms with van der Waals surface area (Å²) >= 11 is 0. The number of H-pyrrole nitrogens is 1. The predicted molar refractivity (Wildman–Crippen MR) is 115 cm³/mol. The van der Waals surface area contributed by atoms with Gasteiger partial charge in [-0.05, 0) is 43.2 Å². The highest BCUT2D eigenvalue weighted by molar-refractivity contribution is 5.90. The van der Waals surface area contributed by atoms with Gasteiger partial charge in [-0.3, -0.25) is 9.78 Å². The van der Waals surface area contributed by atoms with Crippen molar-refractivity contribution in [3.8, 4) is 0 Å². The molecule has 1 amide bonds. The molecule has 0 saturated carbocycles. The number of halogens is 3. The quantitative estimate of drug-likeness (QED) is 0.435. The molecule has 1 saturated heterocycles. The minimum Gasteiger partial charge on any atom is -0.465 e. The lowest BCUT2D eigenvalue weighted by Gasteiger charge is -2.19. The van der Waals surface area contributed by atoms with Crippen LogP contribution in [0.1, 0.15) is 42.1 Å². The molecule has 1 aliphatic rings. The van der Waals surface area contributed by atoms with E-state index < -0.39 is 29.4 Å². The Bertz CT molecular complexity index is 1280. The molecule has 1 aromatic carbocycles. The molecule has 9 nitrogen and oxygen atoms in total. The molecule has 174 valence electrons. The van der Waals surface area contributed by atoms with Crippen LogP contribution in [0.15, 0.2) is 35.3 Å². The van der Waals surface area contributed by atoms with Gasteiger partial charge in [0, 0.05) is 42.0 Å². The fourth-order valence-corrected chi connectivity index (χ4v) is 3.96. The molecule has 5 N–H and O–H groups in total. The molecule has 1 aliphatic heterocycles. The number of carboxylic acid groups (broad SMARTS) is 1. The highest BCUT2D eigenvalue weighted by Gasteiger charge is 2.32. The summed E-state index contributed by atoms with van der Waals surface area (Å²) in [6.07, 6.45) is -3.57. The number of hydrogen-bond donors (Lipinski definition) is 4. The van der Waals surface area contributed by atoms with E-state index in [1.54, 1.807) is 13.0 Å². The van der Waals surface area contributed by atoms with Crippen LogP contribution in [0.25, 0.3) is 10.8 Å². The molecule has 0 bridgehead atoms. The summed E-state index contributed by atoms with van der Waals surface area (Å²) in [5.74, 6) is 0.114. The number of benzene rings is 1. The van der Waals surface area contributed by atoms with E-state index in [9.17, 15) is 27.9 Å². The molecular weight excluding hydrogens is 441 g/mol. The number of nitrogens with one attached hydrogen (secondary N) is 2. The number of aromatic nitrogens is 3. The SMILES string of the molecule is CC(Nc1n[nH]c(=O)c2cnc(C3CCN(C(=O)O)C3)cc12)c1cc(N)cc(C(F)(F)F)c1. The Morgan fingerprint density at radius 2 is 2.06 bits per heavy atom. The average molecular weight is 462 g/mol. The summed E-state index contributed by atoms with van der Waals surface area (Å²) in [5.41, 5.74) is 5.23. The van der Waals surface area contributed by atoms with Crippen molar-refractivity contribution in [2.75, 3.05) is 24.1 Å². The Morgan fingerprint density at radius 3 is 2.73 bits per heavy atom. The molecule has 0 radical (unpaired) electrons. The monoisotopic (exact) mass is 462 g/mol. The summed E-state index contributed by atoms with van der Waals surface area (Å²) in [5, 5.41) is 19.3. The zero-order valence-corrected chi connectivity index (χ0v) is 17.5. The van der Waals surface area contributed by atoms with Gasteiger partial charge in [0.15, 0.2) is 5.82 Å². The predicted octanol–water partition coefficient (Wildman–Crippen LogP) is 3.56. The summed E-state index contributed by atoms with van der Waals surface area (Å²) < 4.78 is 39.6. The largest absolute Gasteiger partial charge is 0.465 e. The van der Waals surface area contributed by atoms with Crippen molar-refractivity contribution in [3.05, 3.63) is 57.6 Å². The van der Waals surface area contributed by atoms with Crippen LogP contribution in [0, 0.1) is 0 Å². The molecule has 12 heteroatoms. The first-order chi connectivity index (χ1) is 15.5. The Labute approximate surface area is 185 Å². The number of alkyl halides is 3. The van der Waals surface area contributed by atoms with Crippen molar-refractivity contribution in [1.82, 2.24) is 20.1 Å². The molecule has 0 spiro atoms. The first kappa shape index (κ1) is 22.4. The van der Waals surface area contributed by atoms with E-state index in [1.165, 1.54) is 17.2 Å². The van der Waals surface area contributed by atoms with E-state index in [0.717, 1.165) is 12.1 Å². The lowest BCUT2D eigenvalue weighted by molar-refractivity contribution is -0.137. The van der Waals surface area contributed by atoms with Gasteiger partial charge in [-0.15, -0.1) is 0 Å². The van der Waals surface area contributed by atoms with Gasteiger partial charge in [-0.2, -0.15) is 18.3 Å². The zero-order valence-electron chi connectivity index (χ0n) is 17.5. The van der Waals surface area contributed by atoms with Gasteiger partial charge in [-0.25, -0.2) is 9.89 Å². The Morgan fingerprint density at radius 1 is 1.30 bits per heavy atom. The average Bonchev–Trinajstić information content (AvgIpc) is 3.25. The maximum Gasteiger partial charge on any atom is 0.416 e. The van der Waals surface area contributed by atoms with Crippen LogP contribution >= 0.6 is 0 Å². The first-order valence-electron chi connectivity index (χ1n) is 10.1. The standard InChI is InChI=1S/C21H21F3N6O3/c1-10(12-4-13(21(22,23)24)6-14(25)5-12)27-18-15-7-17(11-2-3-30(9-11)20(32)33)26-8-16(15)19(31)29-28-18/h4-8,10-11H,2-3,9,25H2,1H3,(H,27,28)(H,29,31)(H,32,33). The lowest BCUT2D eigenvalue weighted by Crippen LogP contribution is -2.26. The molecule has 0 aliphatic carbocycles. The van der Waals surface area contributed by atoms with E-state index in [2.05, 4.69) is 20.5 Å². The van der Waals surface area contributed by atoms with Gasteiger partial charge in [0.2, 0.25) is 0 Å². The van der Waals surface area contributed by atoms with Crippen LogP contribution in [0.4, 0.5) is 29.5 Å². The maximum atomic E-state index is 13.2. The number of fused-ring (bicyclic) bond motifs is 1. The maximum absolute atomic E-state index is 13.2. The molecule has 3 heterocycles. The van der Waals surface area contributed by atoms with E-state index in [-0.39, 0.29) is 29.4 Å².